The highest BCUT2D eigenvalue weighted by Crippen LogP contribution is 2.24. The fourth-order valence-electron chi connectivity index (χ4n) is 1.88. The lowest BCUT2D eigenvalue weighted by Crippen LogP contribution is -1.97. The van der Waals surface area contributed by atoms with Crippen LogP contribution in [0.2, 0.25) is 5.15 Å². The highest BCUT2D eigenvalue weighted by molar-refractivity contribution is 6.32. The van der Waals surface area contributed by atoms with Gasteiger partial charge < -0.3 is 4.74 Å². The lowest BCUT2D eigenvalue weighted by Gasteiger charge is -2.04. The van der Waals surface area contributed by atoms with Gasteiger partial charge in [-0.15, -0.1) is 0 Å². The summed E-state index contributed by atoms with van der Waals surface area (Å²) in [5.41, 5.74) is 2.01. The summed E-state index contributed by atoms with van der Waals surface area (Å²) in [7, 11) is 1.61. The molecule has 19 heavy (non-hydrogen) atoms. The van der Waals surface area contributed by atoms with Crippen LogP contribution in [0.25, 0.3) is 5.69 Å². The van der Waals surface area contributed by atoms with E-state index in [1.807, 2.05) is 31.2 Å². The average Bonchev–Trinajstić information content (AvgIpc) is 2.75. The van der Waals surface area contributed by atoms with E-state index in [0.717, 1.165) is 36.3 Å². The Kier molecular flexibility index (Phi) is 4.22. The number of aromatic nitrogens is 2. The van der Waals surface area contributed by atoms with Gasteiger partial charge in [0, 0.05) is 0 Å². The number of carbonyl (C=O) groups excluding carboxylic acids is 1. The smallest absolute Gasteiger partial charge is 0.155 e. The summed E-state index contributed by atoms with van der Waals surface area (Å²) in [6.07, 6.45) is 2.41. The fourth-order valence-corrected chi connectivity index (χ4v) is 2.17. The number of aldehydes is 1. The number of ether oxygens (including phenoxy) is 1. The van der Waals surface area contributed by atoms with Crippen LogP contribution in [-0.2, 0) is 6.42 Å². The van der Waals surface area contributed by atoms with Crippen molar-refractivity contribution in [3.05, 3.63) is 40.7 Å². The van der Waals surface area contributed by atoms with Crippen LogP contribution in [0.4, 0.5) is 0 Å². The van der Waals surface area contributed by atoms with Gasteiger partial charge in [-0.25, -0.2) is 4.68 Å². The molecule has 1 aromatic heterocycles. The Hall–Kier alpha value is -1.81. The second kappa shape index (κ2) is 5.89. The minimum atomic E-state index is 0.351. The number of benzene rings is 1. The zero-order chi connectivity index (χ0) is 13.8. The number of aryl methyl sites for hydroxylation is 1. The molecule has 1 heterocycles. The minimum Gasteiger partial charge on any atom is -0.497 e. The molecule has 0 saturated heterocycles. The molecule has 0 bridgehead atoms. The third-order valence-corrected chi connectivity index (χ3v) is 3.23. The van der Waals surface area contributed by atoms with Crippen LogP contribution in [0.3, 0.4) is 0 Å². The van der Waals surface area contributed by atoms with E-state index in [1.165, 1.54) is 0 Å². The van der Waals surface area contributed by atoms with Gasteiger partial charge in [-0.3, -0.25) is 4.79 Å². The van der Waals surface area contributed by atoms with Crippen molar-refractivity contribution >= 4 is 17.9 Å². The van der Waals surface area contributed by atoms with Gasteiger partial charge in [0.25, 0.3) is 0 Å². The summed E-state index contributed by atoms with van der Waals surface area (Å²) in [4.78, 5) is 11.1. The van der Waals surface area contributed by atoms with Gasteiger partial charge in [-0.2, -0.15) is 5.10 Å². The van der Waals surface area contributed by atoms with Gasteiger partial charge in [0.1, 0.15) is 10.9 Å². The lowest BCUT2D eigenvalue weighted by molar-refractivity contribution is 0.112. The Labute approximate surface area is 116 Å². The van der Waals surface area contributed by atoms with E-state index in [-0.39, 0.29) is 0 Å². The van der Waals surface area contributed by atoms with Crippen LogP contribution in [-0.4, -0.2) is 23.2 Å². The first-order chi connectivity index (χ1) is 9.21. The number of rotatable bonds is 5. The molecule has 0 saturated carbocycles. The summed E-state index contributed by atoms with van der Waals surface area (Å²) < 4.78 is 6.68. The maximum Gasteiger partial charge on any atom is 0.155 e. The third kappa shape index (κ3) is 2.63. The van der Waals surface area contributed by atoms with E-state index < -0.39 is 0 Å². The van der Waals surface area contributed by atoms with Crippen LogP contribution >= 0.6 is 11.6 Å². The van der Waals surface area contributed by atoms with Crippen LogP contribution in [0.1, 0.15) is 29.4 Å². The Morgan fingerprint density at radius 3 is 2.58 bits per heavy atom. The molecular weight excluding hydrogens is 264 g/mol. The maximum atomic E-state index is 11.1. The predicted molar refractivity (Wildman–Crippen MR) is 74.5 cm³/mol. The number of hydrogen-bond acceptors (Lipinski definition) is 3. The molecule has 0 atom stereocenters. The minimum absolute atomic E-state index is 0.351. The molecule has 1 aromatic carbocycles. The first kappa shape index (κ1) is 13.6. The molecular formula is C14H15ClN2O2. The van der Waals surface area contributed by atoms with Crippen molar-refractivity contribution in [3.8, 4) is 11.4 Å². The van der Waals surface area contributed by atoms with Crippen LogP contribution in [0, 0.1) is 0 Å². The highest BCUT2D eigenvalue weighted by Gasteiger charge is 2.16. The summed E-state index contributed by atoms with van der Waals surface area (Å²) in [5, 5.41) is 4.76. The summed E-state index contributed by atoms with van der Waals surface area (Å²) in [6, 6.07) is 7.35. The molecule has 4 nitrogen and oxygen atoms in total. The fraction of sp³-hybridized carbons (Fsp3) is 0.286. The van der Waals surface area contributed by atoms with E-state index in [4.69, 9.17) is 16.3 Å². The Morgan fingerprint density at radius 1 is 1.37 bits per heavy atom. The number of carbonyl (C=O) groups is 1. The zero-order valence-electron chi connectivity index (χ0n) is 10.9. The first-order valence-electron chi connectivity index (χ1n) is 6.08. The maximum absolute atomic E-state index is 11.1. The van der Waals surface area contributed by atoms with E-state index in [2.05, 4.69) is 5.10 Å². The molecule has 0 spiro atoms. The first-order valence-corrected chi connectivity index (χ1v) is 6.46. The van der Waals surface area contributed by atoms with Gasteiger partial charge in [0.2, 0.25) is 0 Å². The van der Waals surface area contributed by atoms with E-state index in [0.29, 0.717) is 10.7 Å². The quantitative estimate of drug-likeness (QED) is 0.788. The molecule has 0 fully saturated rings. The molecule has 0 N–H and O–H groups in total. The second-order valence-corrected chi connectivity index (χ2v) is 4.49. The monoisotopic (exact) mass is 278 g/mol. The normalized spacial score (nSPS) is 10.5. The van der Waals surface area contributed by atoms with Crippen LogP contribution in [0.5, 0.6) is 5.75 Å². The molecule has 0 radical (unpaired) electrons. The van der Waals surface area contributed by atoms with Crippen molar-refractivity contribution in [3.63, 3.8) is 0 Å². The molecule has 0 aliphatic carbocycles. The van der Waals surface area contributed by atoms with E-state index >= 15 is 0 Å². The van der Waals surface area contributed by atoms with Crippen molar-refractivity contribution in [2.45, 2.75) is 19.8 Å². The van der Waals surface area contributed by atoms with Gasteiger partial charge in [0.15, 0.2) is 6.29 Å². The summed E-state index contributed by atoms with van der Waals surface area (Å²) in [6.45, 7) is 2.04. The topological polar surface area (TPSA) is 44.1 Å². The Bertz CT molecular complexity index is 576. The van der Waals surface area contributed by atoms with Gasteiger partial charge in [0.05, 0.1) is 24.1 Å². The molecule has 0 unspecified atom stereocenters. The van der Waals surface area contributed by atoms with Crippen molar-refractivity contribution in [1.82, 2.24) is 9.78 Å². The largest absolute Gasteiger partial charge is 0.497 e. The molecule has 100 valence electrons. The van der Waals surface area contributed by atoms with Crippen molar-refractivity contribution in [1.29, 1.82) is 0 Å². The number of nitrogens with zero attached hydrogens (tertiary/aromatic N) is 2. The molecule has 5 heteroatoms. The molecule has 2 rings (SSSR count). The number of methoxy groups -OCH3 is 1. The Morgan fingerprint density at radius 2 is 2.05 bits per heavy atom. The van der Waals surface area contributed by atoms with Gasteiger partial charge in [-0.1, -0.05) is 24.9 Å². The van der Waals surface area contributed by atoms with Crippen LogP contribution in [0.15, 0.2) is 24.3 Å². The molecule has 2 aromatic rings. The molecule has 0 amide bonds. The third-order valence-electron chi connectivity index (χ3n) is 2.86. The summed E-state index contributed by atoms with van der Waals surface area (Å²) in [5.74, 6) is 0.761. The number of halogens is 1. The Balaban J connectivity index is 2.46. The zero-order valence-corrected chi connectivity index (χ0v) is 11.6. The SMILES string of the molecule is CCCc1nn(-c2ccc(OC)cc2)c(Cl)c1C=O. The standard InChI is InChI=1S/C14H15ClN2O2/c1-3-4-13-12(9-18)14(15)17(16-13)10-5-7-11(19-2)8-6-10/h5-9H,3-4H2,1-2H3. The lowest BCUT2D eigenvalue weighted by atomic mass is 10.2. The van der Waals surface area contributed by atoms with Crippen LogP contribution < -0.4 is 4.74 Å². The average molecular weight is 279 g/mol. The molecule has 0 aliphatic heterocycles. The van der Waals surface area contributed by atoms with Crippen molar-refractivity contribution in [2.24, 2.45) is 0 Å². The number of hydrogen-bond donors (Lipinski definition) is 0. The van der Waals surface area contributed by atoms with Crippen molar-refractivity contribution < 1.29 is 9.53 Å². The van der Waals surface area contributed by atoms with Gasteiger partial charge >= 0.3 is 0 Å². The highest BCUT2D eigenvalue weighted by atomic mass is 35.5. The second-order valence-electron chi connectivity index (χ2n) is 4.13. The summed E-state index contributed by atoms with van der Waals surface area (Å²) >= 11 is 6.21. The molecule has 0 aliphatic rings. The van der Waals surface area contributed by atoms with E-state index in [1.54, 1.807) is 11.8 Å². The van der Waals surface area contributed by atoms with E-state index in [9.17, 15) is 4.79 Å². The van der Waals surface area contributed by atoms with Crippen molar-refractivity contribution in [2.75, 3.05) is 7.11 Å². The predicted octanol–water partition coefficient (Wildman–Crippen LogP) is 3.30. The van der Waals surface area contributed by atoms with Gasteiger partial charge in [-0.05, 0) is 30.7 Å².